The van der Waals surface area contributed by atoms with Crippen molar-refractivity contribution in [3.05, 3.63) is 15.6 Å². The number of nitrogens with zero attached hydrogens (tertiary/aromatic N) is 1. The van der Waals surface area contributed by atoms with Gasteiger partial charge in [-0.05, 0) is 26.0 Å². The smallest absolute Gasteiger partial charge is 0.358 e. The first kappa shape index (κ1) is 13.5. The summed E-state index contributed by atoms with van der Waals surface area (Å²) in [5.41, 5.74) is 0.485. The van der Waals surface area contributed by atoms with E-state index < -0.39 is 0 Å². The van der Waals surface area contributed by atoms with Gasteiger partial charge < -0.3 is 4.74 Å². The molecular formula is C11H17NO2S2. The molecule has 1 rings (SSSR count). The van der Waals surface area contributed by atoms with Crippen molar-refractivity contribution < 1.29 is 9.53 Å². The molecule has 90 valence electrons. The summed E-state index contributed by atoms with van der Waals surface area (Å²) >= 11 is 3.44. The second-order valence-corrected chi connectivity index (χ2v) is 5.68. The van der Waals surface area contributed by atoms with E-state index in [2.05, 4.69) is 11.9 Å². The van der Waals surface area contributed by atoms with E-state index >= 15 is 0 Å². The maximum Gasteiger partial charge on any atom is 0.358 e. The topological polar surface area (TPSA) is 39.2 Å². The Hall–Kier alpha value is -0.550. The van der Waals surface area contributed by atoms with E-state index in [0.29, 0.717) is 12.3 Å². The van der Waals surface area contributed by atoms with Crippen molar-refractivity contribution in [3.8, 4) is 0 Å². The van der Waals surface area contributed by atoms with Crippen molar-refractivity contribution in [2.75, 3.05) is 12.4 Å². The zero-order chi connectivity index (χ0) is 12.0. The van der Waals surface area contributed by atoms with Crippen LogP contribution in [0.4, 0.5) is 0 Å². The molecule has 0 radical (unpaired) electrons. The average molecular weight is 259 g/mol. The summed E-state index contributed by atoms with van der Waals surface area (Å²) < 4.78 is 4.95. The Labute approximate surface area is 105 Å². The SMILES string of the molecule is CCCSCc1nc(C(=O)OCC)c(C)s1. The minimum Gasteiger partial charge on any atom is -0.461 e. The van der Waals surface area contributed by atoms with Crippen LogP contribution in [0.5, 0.6) is 0 Å². The van der Waals surface area contributed by atoms with Gasteiger partial charge in [0.1, 0.15) is 5.01 Å². The Morgan fingerprint density at radius 1 is 1.50 bits per heavy atom. The fourth-order valence-corrected chi connectivity index (χ4v) is 3.08. The zero-order valence-electron chi connectivity index (χ0n) is 9.91. The highest BCUT2D eigenvalue weighted by Crippen LogP contribution is 2.22. The molecule has 1 aromatic rings. The lowest BCUT2D eigenvalue weighted by Gasteiger charge is -1.98. The van der Waals surface area contributed by atoms with Crippen molar-refractivity contribution in [1.29, 1.82) is 0 Å². The van der Waals surface area contributed by atoms with Gasteiger partial charge in [-0.2, -0.15) is 11.8 Å². The molecular weight excluding hydrogens is 242 g/mol. The summed E-state index contributed by atoms with van der Waals surface area (Å²) in [4.78, 5) is 16.8. The van der Waals surface area contributed by atoms with E-state index in [4.69, 9.17) is 4.74 Å². The number of hydrogen-bond donors (Lipinski definition) is 0. The van der Waals surface area contributed by atoms with Crippen LogP contribution >= 0.6 is 23.1 Å². The molecule has 0 aliphatic heterocycles. The molecule has 3 nitrogen and oxygen atoms in total. The molecule has 0 unspecified atom stereocenters. The lowest BCUT2D eigenvalue weighted by molar-refractivity contribution is 0.0519. The lowest BCUT2D eigenvalue weighted by atomic mass is 10.4. The Bertz CT molecular complexity index is 350. The number of carbonyl (C=O) groups excluding carboxylic acids is 1. The highest BCUT2D eigenvalue weighted by molar-refractivity contribution is 7.98. The molecule has 0 fully saturated rings. The van der Waals surface area contributed by atoms with Crippen LogP contribution in [0.1, 0.15) is 40.6 Å². The van der Waals surface area contributed by atoms with Crippen LogP contribution in [0.3, 0.4) is 0 Å². The summed E-state index contributed by atoms with van der Waals surface area (Å²) in [7, 11) is 0. The number of esters is 1. The van der Waals surface area contributed by atoms with Gasteiger partial charge in [0.05, 0.1) is 6.61 Å². The van der Waals surface area contributed by atoms with Gasteiger partial charge in [0, 0.05) is 10.6 Å². The van der Waals surface area contributed by atoms with Crippen molar-refractivity contribution in [1.82, 2.24) is 4.98 Å². The molecule has 0 saturated carbocycles. The quantitative estimate of drug-likeness (QED) is 0.580. The van der Waals surface area contributed by atoms with Crippen molar-refractivity contribution in [2.24, 2.45) is 0 Å². The third-order valence-corrected chi connectivity index (χ3v) is 4.21. The van der Waals surface area contributed by atoms with Gasteiger partial charge in [0.25, 0.3) is 0 Å². The molecule has 0 amide bonds. The van der Waals surface area contributed by atoms with E-state index in [1.165, 1.54) is 6.42 Å². The summed E-state index contributed by atoms with van der Waals surface area (Å²) in [5, 5.41) is 1.01. The molecule has 0 atom stereocenters. The van der Waals surface area contributed by atoms with E-state index in [0.717, 1.165) is 21.4 Å². The number of hydrogen-bond acceptors (Lipinski definition) is 5. The minimum atomic E-state index is -0.303. The normalized spacial score (nSPS) is 10.4. The molecule has 5 heteroatoms. The van der Waals surface area contributed by atoms with Gasteiger partial charge in [-0.15, -0.1) is 11.3 Å². The van der Waals surface area contributed by atoms with Crippen LogP contribution in [0.15, 0.2) is 0 Å². The Balaban J connectivity index is 2.62. The van der Waals surface area contributed by atoms with Gasteiger partial charge in [0.2, 0.25) is 0 Å². The monoisotopic (exact) mass is 259 g/mol. The second-order valence-electron chi connectivity index (χ2n) is 3.29. The summed E-state index contributed by atoms with van der Waals surface area (Å²) in [5.74, 6) is 1.72. The Kier molecular flexibility index (Phi) is 5.84. The molecule has 0 aromatic carbocycles. The van der Waals surface area contributed by atoms with Crippen molar-refractivity contribution in [2.45, 2.75) is 32.9 Å². The van der Waals surface area contributed by atoms with Crippen molar-refractivity contribution >= 4 is 29.1 Å². The predicted octanol–water partition coefficient (Wildman–Crippen LogP) is 3.27. The van der Waals surface area contributed by atoms with E-state index in [-0.39, 0.29) is 5.97 Å². The maximum atomic E-state index is 11.5. The molecule has 0 saturated heterocycles. The molecule has 0 spiro atoms. The number of carbonyl (C=O) groups is 1. The first-order chi connectivity index (χ1) is 7.69. The average Bonchev–Trinajstić information content (AvgIpc) is 2.61. The molecule has 1 aromatic heterocycles. The molecule has 0 N–H and O–H groups in total. The van der Waals surface area contributed by atoms with Gasteiger partial charge >= 0.3 is 5.97 Å². The highest BCUT2D eigenvalue weighted by Gasteiger charge is 2.15. The standard InChI is InChI=1S/C11H17NO2S2/c1-4-6-15-7-9-12-10(8(3)16-9)11(13)14-5-2/h4-7H2,1-3H3. The predicted molar refractivity (Wildman–Crippen MR) is 69.3 cm³/mol. The summed E-state index contributed by atoms with van der Waals surface area (Å²) in [6.07, 6.45) is 1.17. The van der Waals surface area contributed by atoms with E-state index in [9.17, 15) is 4.79 Å². The number of thioether (sulfide) groups is 1. The fraction of sp³-hybridized carbons (Fsp3) is 0.636. The fourth-order valence-electron chi connectivity index (χ4n) is 1.21. The van der Waals surface area contributed by atoms with E-state index in [1.807, 2.05) is 18.7 Å². The molecule has 16 heavy (non-hydrogen) atoms. The lowest BCUT2D eigenvalue weighted by Crippen LogP contribution is -2.06. The summed E-state index contributed by atoms with van der Waals surface area (Å²) in [6, 6.07) is 0. The van der Waals surface area contributed by atoms with Crippen molar-refractivity contribution in [3.63, 3.8) is 0 Å². The minimum absolute atomic E-state index is 0.303. The first-order valence-corrected chi connectivity index (χ1v) is 7.37. The van der Waals surface area contributed by atoms with Crippen LogP contribution in [0.25, 0.3) is 0 Å². The molecule has 0 aliphatic carbocycles. The Morgan fingerprint density at radius 2 is 2.25 bits per heavy atom. The molecule has 0 aliphatic rings. The van der Waals surface area contributed by atoms with E-state index in [1.54, 1.807) is 18.3 Å². The third-order valence-electron chi connectivity index (χ3n) is 1.88. The van der Waals surface area contributed by atoms with Gasteiger partial charge in [0.15, 0.2) is 5.69 Å². The first-order valence-electron chi connectivity index (χ1n) is 5.40. The number of thiazole rings is 1. The van der Waals surface area contributed by atoms with Gasteiger partial charge in [-0.3, -0.25) is 0 Å². The second kappa shape index (κ2) is 6.91. The third kappa shape index (κ3) is 3.79. The van der Waals surface area contributed by atoms with Crippen LogP contribution < -0.4 is 0 Å². The van der Waals surface area contributed by atoms with Crippen LogP contribution in [0.2, 0.25) is 0 Å². The van der Waals surface area contributed by atoms with Crippen LogP contribution in [0, 0.1) is 6.92 Å². The van der Waals surface area contributed by atoms with Crippen LogP contribution in [-0.4, -0.2) is 23.3 Å². The van der Waals surface area contributed by atoms with Gasteiger partial charge in [-0.25, -0.2) is 9.78 Å². The maximum absolute atomic E-state index is 11.5. The number of rotatable bonds is 6. The zero-order valence-corrected chi connectivity index (χ0v) is 11.5. The molecule has 0 bridgehead atoms. The number of aromatic nitrogens is 1. The molecule has 1 heterocycles. The highest BCUT2D eigenvalue weighted by atomic mass is 32.2. The Morgan fingerprint density at radius 3 is 2.88 bits per heavy atom. The van der Waals surface area contributed by atoms with Crippen LogP contribution in [-0.2, 0) is 10.5 Å². The summed E-state index contributed by atoms with van der Waals surface area (Å²) in [6.45, 7) is 6.27. The number of aryl methyl sites for hydroxylation is 1. The van der Waals surface area contributed by atoms with Gasteiger partial charge in [-0.1, -0.05) is 6.92 Å². The number of ether oxygens (including phenoxy) is 1. The largest absolute Gasteiger partial charge is 0.461 e.